The Hall–Kier alpha value is -3.09. The lowest BCUT2D eigenvalue weighted by Crippen LogP contribution is -2.42. The molecule has 2 aromatic carbocycles. The van der Waals surface area contributed by atoms with Crippen molar-refractivity contribution in [2.24, 2.45) is 0 Å². The molecule has 0 aliphatic heterocycles. The number of methoxy groups -OCH3 is 2. The molecule has 0 aliphatic rings. The number of amides is 2. The molecule has 2 aromatic rings. The van der Waals surface area contributed by atoms with E-state index in [1.54, 1.807) is 18.2 Å². The van der Waals surface area contributed by atoms with E-state index in [9.17, 15) is 14.0 Å². The molecule has 0 spiro atoms. The van der Waals surface area contributed by atoms with Gasteiger partial charge in [0.2, 0.25) is 5.91 Å². The van der Waals surface area contributed by atoms with Crippen molar-refractivity contribution in [3.05, 3.63) is 53.8 Å². The van der Waals surface area contributed by atoms with Crippen LogP contribution in [0.5, 0.6) is 11.5 Å². The monoisotopic (exact) mass is 374 g/mol. The first-order valence-electron chi connectivity index (χ1n) is 8.44. The third-order valence-corrected chi connectivity index (χ3v) is 3.96. The fraction of sp³-hybridized carbons (Fsp3) is 0.300. The molecule has 1 N–H and O–H groups in total. The Balaban J connectivity index is 2.20. The van der Waals surface area contributed by atoms with Crippen molar-refractivity contribution in [2.45, 2.75) is 19.9 Å². The number of nitrogens with zero attached hydrogens (tertiary/aromatic N) is 1. The standard InChI is InChI=1S/C20H23FN2O4/c1-13(2)23(12-18(24)22-15-10-8-14(21)9-11-15)20(25)16-6-5-7-17(26-3)19(16)27-4/h5-11,13H,12H2,1-4H3,(H,22,24). The highest BCUT2D eigenvalue weighted by molar-refractivity contribution is 6.01. The molecule has 0 radical (unpaired) electrons. The zero-order valence-corrected chi connectivity index (χ0v) is 15.8. The van der Waals surface area contributed by atoms with Crippen LogP contribution in [0.2, 0.25) is 0 Å². The smallest absolute Gasteiger partial charge is 0.258 e. The first-order valence-corrected chi connectivity index (χ1v) is 8.44. The second-order valence-corrected chi connectivity index (χ2v) is 6.12. The summed E-state index contributed by atoms with van der Waals surface area (Å²) in [5.74, 6) is -0.380. The minimum Gasteiger partial charge on any atom is -0.493 e. The van der Waals surface area contributed by atoms with Gasteiger partial charge in [-0.2, -0.15) is 0 Å². The van der Waals surface area contributed by atoms with Crippen molar-refractivity contribution in [3.63, 3.8) is 0 Å². The number of nitrogens with one attached hydrogen (secondary N) is 1. The van der Waals surface area contributed by atoms with Crippen molar-refractivity contribution in [2.75, 3.05) is 26.1 Å². The molecule has 0 atom stereocenters. The van der Waals surface area contributed by atoms with Gasteiger partial charge in [0.15, 0.2) is 11.5 Å². The molecular formula is C20H23FN2O4. The predicted molar refractivity (Wildman–Crippen MR) is 101 cm³/mol. The van der Waals surface area contributed by atoms with E-state index in [-0.39, 0.29) is 24.4 Å². The van der Waals surface area contributed by atoms with Gasteiger partial charge in [-0.05, 0) is 50.2 Å². The molecule has 2 amide bonds. The Morgan fingerprint density at radius 3 is 2.30 bits per heavy atom. The number of rotatable bonds is 7. The van der Waals surface area contributed by atoms with E-state index in [0.29, 0.717) is 22.7 Å². The van der Waals surface area contributed by atoms with E-state index in [2.05, 4.69) is 5.32 Å². The SMILES string of the molecule is COc1cccc(C(=O)N(CC(=O)Nc2ccc(F)cc2)C(C)C)c1OC. The molecular weight excluding hydrogens is 351 g/mol. The maximum absolute atomic E-state index is 13.0. The van der Waals surface area contributed by atoms with E-state index >= 15 is 0 Å². The number of carbonyl (C=O) groups is 2. The van der Waals surface area contributed by atoms with Crippen molar-refractivity contribution >= 4 is 17.5 Å². The average Bonchev–Trinajstić information content (AvgIpc) is 2.66. The molecule has 0 fully saturated rings. The summed E-state index contributed by atoms with van der Waals surface area (Å²) in [6.45, 7) is 3.47. The number of benzene rings is 2. The molecule has 2 rings (SSSR count). The molecule has 0 aliphatic carbocycles. The highest BCUT2D eigenvalue weighted by Gasteiger charge is 2.25. The van der Waals surface area contributed by atoms with Crippen LogP contribution in [0.25, 0.3) is 0 Å². The summed E-state index contributed by atoms with van der Waals surface area (Å²) in [6, 6.07) is 10.2. The van der Waals surface area contributed by atoms with E-state index in [0.717, 1.165) is 0 Å². The summed E-state index contributed by atoms with van der Waals surface area (Å²) in [7, 11) is 2.94. The number of hydrogen-bond donors (Lipinski definition) is 1. The second-order valence-electron chi connectivity index (χ2n) is 6.12. The molecule has 0 saturated carbocycles. The molecule has 7 heteroatoms. The third kappa shape index (κ3) is 4.97. The minimum absolute atomic E-state index is 0.158. The van der Waals surface area contributed by atoms with Crippen LogP contribution in [0.15, 0.2) is 42.5 Å². The van der Waals surface area contributed by atoms with Crippen molar-refractivity contribution in [1.29, 1.82) is 0 Å². The summed E-state index contributed by atoms with van der Waals surface area (Å²) in [4.78, 5) is 26.8. The van der Waals surface area contributed by atoms with Gasteiger partial charge in [0.1, 0.15) is 12.4 Å². The average molecular weight is 374 g/mol. The molecule has 0 heterocycles. The van der Waals surface area contributed by atoms with Crippen LogP contribution < -0.4 is 14.8 Å². The fourth-order valence-corrected chi connectivity index (χ4v) is 2.59. The molecule has 144 valence electrons. The first-order chi connectivity index (χ1) is 12.9. The Morgan fingerprint density at radius 2 is 1.74 bits per heavy atom. The molecule has 27 heavy (non-hydrogen) atoms. The van der Waals surface area contributed by atoms with E-state index in [1.165, 1.54) is 43.4 Å². The highest BCUT2D eigenvalue weighted by atomic mass is 19.1. The van der Waals surface area contributed by atoms with Gasteiger partial charge >= 0.3 is 0 Å². The number of ether oxygens (including phenoxy) is 2. The van der Waals surface area contributed by atoms with E-state index < -0.39 is 5.82 Å². The first kappa shape index (κ1) is 20.2. The summed E-state index contributed by atoms with van der Waals surface area (Å²) in [5, 5.41) is 2.66. The van der Waals surface area contributed by atoms with Gasteiger partial charge in [-0.25, -0.2) is 4.39 Å². The lowest BCUT2D eigenvalue weighted by Gasteiger charge is -2.27. The second kappa shape index (κ2) is 9.02. The van der Waals surface area contributed by atoms with Crippen LogP contribution in [-0.2, 0) is 4.79 Å². The Labute approximate surface area is 157 Å². The van der Waals surface area contributed by atoms with Gasteiger partial charge in [-0.3, -0.25) is 9.59 Å². The lowest BCUT2D eigenvalue weighted by molar-refractivity contribution is -0.117. The number of carbonyl (C=O) groups excluding carboxylic acids is 2. The van der Waals surface area contributed by atoms with Gasteiger partial charge in [-0.15, -0.1) is 0 Å². The lowest BCUT2D eigenvalue weighted by atomic mass is 10.1. The Bertz CT molecular complexity index is 806. The highest BCUT2D eigenvalue weighted by Crippen LogP contribution is 2.31. The molecule has 0 aromatic heterocycles. The topological polar surface area (TPSA) is 67.9 Å². The molecule has 0 saturated heterocycles. The molecule has 0 unspecified atom stereocenters. The van der Waals surface area contributed by atoms with Gasteiger partial charge < -0.3 is 19.7 Å². The number of anilines is 1. The molecule has 0 bridgehead atoms. The third-order valence-electron chi connectivity index (χ3n) is 3.96. The maximum Gasteiger partial charge on any atom is 0.258 e. The van der Waals surface area contributed by atoms with Crippen molar-refractivity contribution in [3.8, 4) is 11.5 Å². The minimum atomic E-state index is -0.392. The predicted octanol–water partition coefficient (Wildman–Crippen LogP) is 3.33. The summed E-state index contributed by atoms with van der Waals surface area (Å²) in [6.07, 6.45) is 0. The summed E-state index contributed by atoms with van der Waals surface area (Å²) in [5.41, 5.74) is 0.761. The van der Waals surface area contributed by atoms with Crippen LogP contribution >= 0.6 is 0 Å². The summed E-state index contributed by atoms with van der Waals surface area (Å²) < 4.78 is 23.5. The van der Waals surface area contributed by atoms with Gasteiger partial charge in [-0.1, -0.05) is 6.07 Å². The van der Waals surface area contributed by atoms with E-state index in [1.807, 2.05) is 13.8 Å². The number of hydrogen-bond acceptors (Lipinski definition) is 4. The van der Waals surface area contributed by atoms with E-state index in [4.69, 9.17) is 9.47 Å². The van der Waals surface area contributed by atoms with Crippen LogP contribution in [0, 0.1) is 5.82 Å². The Morgan fingerprint density at radius 1 is 1.07 bits per heavy atom. The number of para-hydroxylation sites is 1. The summed E-state index contributed by atoms with van der Waals surface area (Å²) >= 11 is 0. The van der Waals surface area contributed by atoms with Crippen LogP contribution in [0.3, 0.4) is 0 Å². The van der Waals surface area contributed by atoms with Gasteiger partial charge in [0, 0.05) is 11.7 Å². The van der Waals surface area contributed by atoms with Crippen molar-refractivity contribution < 1.29 is 23.5 Å². The maximum atomic E-state index is 13.0. The van der Waals surface area contributed by atoms with Crippen molar-refractivity contribution in [1.82, 2.24) is 4.90 Å². The Kier molecular flexibility index (Phi) is 6.76. The normalized spacial score (nSPS) is 10.4. The zero-order chi connectivity index (χ0) is 20.0. The largest absolute Gasteiger partial charge is 0.493 e. The van der Waals surface area contributed by atoms with Crippen LogP contribution in [0.4, 0.5) is 10.1 Å². The van der Waals surface area contributed by atoms with Crippen LogP contribution in [-0.4, -0.2) is 43.5 Å². The molecule has 6 nitrogen and oxygen atoms in total. The quantitative estimate of drug-likeness (QED) is 0.807. The van der Waals surface area contributed by atoms with Gasteiger partial charge in [0.05, 0.1) is 19.8 Å². The number of halogens is 1. The zero-order valence-electron chi connectivity index (χ0n) is 15.8. The fourth-order valence-electron chi connectivity index (χ4n) is 2.59. The van der Waals surface area contributed by atoms with Gasteiger partial charge in [0.25, 0.3) is 5.91 Å². The van der Waals surface area contributed by atoms with Crippen LogP contribution in [0.1, 0.15) is 24.2 Å².